The first-order chi connectivity index (χ1) is 9.10. The van der Waals surface area contributed by atoms with Crippen LogP contribution in [0.1, 0.15) is 21.5 Å². The molecule has 0 spiro atoms. The number of benzene rings is 1. The Bertz CT molecular complexity index is 657. The lowest BCUT2D eigenvalue weighted by Crippen LogP contribution is -1.99. The number of aromatic carboxylic acids is 1. The van der Waals surface area contributed by atoms with E-state index < -0.39 is 5.97 Å². The quantitative estimate of drug-likeness (QED) is 0.910. The molecular weight excluding hydrogens is 244 g/mol. The summed E-state index contributed by atoms with van der Waals surface area (Å²) in [6.07, 6.45) is 1.24. The summed E-state index contributed by atoms with van der Waals surface area (Å²) in [6, 6.07) is 10.1. The van der Waals surface area contributed by atoms with Crippen molar-refractivity contribution in [3.63, 3.8) is 0 Å². The topological polar surface area (TPSA) is 83.2 Å². The van der Waals surface area contributed by atoms with E-state index in [1.54, 1.807) is 31.2 Å². The zero-order valence-corrected chi connectivity index (χ0v) is 10.1. The minimum atomic E-state index is -1.03. The van der Waals surface area contributed by atoms with Crippen molar-refractivity contribution in [3.8, 4) is 17.7 Å². The largest absolute Gasteiger partial charge is 0.478 e. The fraction of sp³-hybridized carbons (Fsp3) is 0.0714. The van der Waals surface area contributed by atoms with Gasteiger partial charge < -0.3 is 9.84 Å². The monoisotopic (exact) mass is 254 g/mol. The number of hydrogen-bond donors (Lipinski definition) is 1. The number of carboxylic acids is 1. The van der Waals surface area contributed by atoms with Crippen LogP contribution in [-0.2, 0) is 0 Å². The number of aromatic nitrogens is 1. The van der Waals surface area contributed by atoms with Crippen molar-refractivity contribution in [1.82, 2.24) is 4.98 Å². The first kappa shape index (κ1) is 12.6. The van der Waals surface area contributed by atoms with Crippen molar-refractivity contribution in [2.75, 3.05) is 0 Å². The Labute approximate surface area is 109 Å². The highest BCUT2D eigenvalue weighted by molar-refractivity contribution is 5.87. The summed E-state index contributed by atoms with van der Waals surface area (Å²) >= 11 is 0. The van der Waals surface area contributed by atoms with Crippen LogP contribution in [0.25, 0.3) is 0 Å². The van der Waals surface area contributed by atoms with Crippen molar-refractivity contribution < 1.29 is 14.6 Å². The minimum Gasteiger partial charge on any atom is -0.478 e. The van der Waals surface area contributed by atoms with Gasteiger partial charge in [0.05, 0.1) is 17.2 Å². The lowest BCUT2D eigenvalue weighted by atomic mass is 10.2. The van der Waals surface area contributed by atoms with Gasteiger partial charge in [0.1, 0.15) is 5.75 Å². The molecule has 2 rings (SSSR count). The Morgan fingerprint density at radius 1 is 1.37 bits per heavy atom. The highest BCUT2D eigenvalue weighted by atomic mass is 16.5. The molecule has 0 bridgehead atoms. The molecule has 0 radical (unpaired) electrons. The fourth-order valence-electron chi connectivity index (χ4n) is 1.50. The van der Waals surface area contributed by atoms with Crippen LogP contribution >= 0.6 is 0 Å². The summed E-state index contributed by atoms with van der Waals surface area (Å²) < 4.78 is 5.53. The van der Waals surface area contributed by atoms with Gasteiger partial charge in [0, 0.05) is 11.8 Å². The van der Waals surface area contributed by atoms with Crippen LogP contribution in [0.3, 0.4) is 0 Å². The van der Waals surface area contributed by atoms with Gasteiger partial charge in [-0.3, -0.25) is 0 Å². The molecule has 1 aromatic heterocycles. The molecule has 0 aliphatic carbocycles. The van der Waals surface area contributed by atoms with E-state index in [2.05, 4.69) is 4.98 Å². The first-order valence-electron chi connectivity index (χ1n) is 5.48. The third kappa shape index (κ3) is 2.87. The average Bonchev–Trinajstić information content (AvgIpc) is 2.41. The molecule has 0 amide bonds. The van der Waals surface area contributed by atoms with Crippen LogP contribution in [0.15, 0.2) is 36.5 Å². The smallest absolute Gasteiger partial charge is 0.337 e. The molecule has 0 saturated carbocycles. The molecule has 1 aromatic carbocycles. The van der Waals surface area contributed by atoms with Gasteiger partial charge in [0.2, 0.25) is 5.88 Å². The summed E-state index contributed by atoms with van der Waals surface area (Å²) in [4.78, 5) is 14.8. The van der Waals surface area contributed by atoms with Gasteiger partial charge in [-0.15, -0.1) is 0 Å². The molecule has 19 heavy (non-hydrogen) atoms. The van der Waals surface area contributed by atoms with Crippen LogP contribution < -0.4 is 4.74 Å². The second-order valence-electron chi connectivity index (χ2n) is 3.89. The van der Waals surface area contributed by atoms with Gasteiger partial charge in [-0.05, 0) is 37.3 Å². The molecule has 0 saturated heterocycles. The van der Waals surface area contributed by atoms with Crippen LogP contribution in [0, 0.1) is 18.3 Å². The molecule has 1 heterocycles. The van der Waals surface area contributed by atoms with Crippen molar-refractivity contribution in [2.24, 2.45) is 0 Å². The maximum Gasteiger partial charge on any atom is 0.337 e. The van der Waals surface area contributed by atoms with E-state index in [1.807, 2.05) is 6.07 Å². The summed E-state index contributed by atoms with van der Waals surface area (Å²) in [5, 5.41) is 17.5. The molecule has 5 heteroatoms. The normalized spacial score (nSPS) is 9.68. The van der Waals surface area contributed by atoms with Crippen LogP contribution in [0.5, 0.6) is 11.6 Å². The lowest BCUT2D eigenvalue weighted by molar-refractivity contribution is 0.0696. The van der Waals surface area contributed by atoms with Gasteiger partial charge >= 0.3 is 5.97 Å². The van der Waals surface area contributed by atoms with Crippen molar-refractivity contribution >= 4 is 5.97 Å². The van der Waals surface area contributed by atoms with Gasteiger partial charge in [-0.25, -0.2) is 9.78 Å². The number of nitriles is 1. The van der Waals surface area contributed by atoms with Crippen LogP contribution in [-0.4, -0.2) is 16.1 Å². The Balaban J connectivity index is 2.23. The predicted octanol–water partition coefficient (Wildman–Crippen LogP) is 2.75. The second kappa shape index (κ2) is 5.19. The van der Waals surface area contributed by atoms with Gasteiger partial charge in [0.15, 0.2) is 0 Å². The SMILES string of the molecule is Cc1cc(C(=O)O)cnc1Oc1ccc(C#N)cc1. The Morgan fingerprint density at radius 3 is 2.58 bits per heavy atom. The molecule has 2 aromatic rings. The molecule has 0 aliphatic heterocycles. The molecule has 0 fully saturated rings. The maximum atomic E-state index is 10.8. The third-order valence-electron chi connectivity index (χ3n) is 2.48. The van der Waals surface area contributed by atoms with E-state index in [0.29, 0.717) is 22.8 Å². The molecule has 5 nitrogen and oxygen atoms in total. The van der Waals surface area contributed by atoms with E-state index in [4.69, 9.17) is 15.1 Å². The zero-order chi connectivity index (χ0) is 13.8. The molecular formula is C14H10N2O3. The number of rotatable bonds is 3. The number of ether oxygens (including phenoxy) is 1. The first-order valence-corrected chi connectivity index (χ1v) is 5.48. The third-order valence-corrected chi connectivity index (χ3v) is 2.48. The predicted molar refractivity (Wildman–Crippen MR) is 67.2 cm³/mol. The summed E-state index contributed by atoms with van der Waals surface area (Å²) in [5.41, 5.74) is 1.28. The van der Waals surface area contributed by atoms with Crippen molar-refractivity contribution in [2.45, 2.75) is 6.92 Å². The molecule has 94 valence electrons. The molecule has 1 N–H and O–H groups in total. The number of carboxylic acid groups (broad SMARTS) is 1. The van der Waals surface area contributed by atoms with E-state index in [0.717, 1.165) is 0 Å². The fourth-order valence-corrected chi connectivity index (χ4v) is 1.50. The van der Waals surface area contributed by atoms with E-state index in [1.165, 1.54) is 12.3 Å². The van der Waals surface area contributed by atoms with Crippen molar-refractivity contribution in [1.29, 1.82) is 5.26 Å². The van der Waals surface area contributed by atoms with Gasteiger partial charge in [0.25, 0.3) is 0 Å². The second-order valence-corrected chi connectivity index (χ2v) is 3.89. The number of pyridine rings is 1. The number of hydrogen-bond acceptors (Lipinski definition) is 4. The van der Waals surface area contributed by atoms with Gasteiger partial charge in [-0.1, -0.05) is 0 Å². The maximum absolute atomic E-state index is 10.8. The summed E-state index contributed by atoms with van der Waals surface area (Å²) in [7, 11) is 0. The van der Waals surface area contributed by atoms with E-state index in [9.17, 15) is 4.79 Å². The Kier molecular flexibility index (Phi) is 3.44. The number of carbonyl (C=O) groups is 1. The van der Waals surface area contributed by atoms with E-state index >= 15 is 0 Å². The Hall–Kier alpha value is -2.87. The summed E-state index contributed by atoms with van der Waals surface area (Å²) in [5.74, 6) is -0.145. The lowest BCUT2D eigenvalue weighted by Gasteiger charge is -2.07. The van der Waals surface area contributed by atoms with Gasteiger partial charge in [-0.2, -0.15) is 5.26 Å². The Morgan fingerprint density at radius 2 is 2.05 bits per heavy atom. The molecule has 0 atom stereocenters. The average molecular weight is 254 g/mol. The highest BCUT2D eigenvalue weighted by Gasteiger charge is 2.08. The van der Waals surface area contributed by atoms with E-state index in [-0.39, 0.29) is 5.56 Å². The zero-order valence-electron chi connectivity index (χ0n) is 10.1. The van der Waals surface area contributed by atoms with Crippen molar-refractivity contribution in [3.05, 3.63) is 53.2 Å². The van der Waals surface area contributed by atoms with Crippen LogP contribution in [0.2, 0.25) is 0 Å². The molecule has 0 unspecified atom stereocenters. The highest BCUT2D eigenvalue weighted by Crippen LogP contribution is 2.23. The standard InChI is InChI=1S/C14H10N2O3/c1-9-6-11(14(17)18)8-16-13(9)19-12-4-2-10(7-15)3-5-12/h2-6,8H,1H3,(H,17,18). The minimum absolute atomic E-state index is 0.115. The number of nitrogens with zero attached hydrogens (tertiary/aromatic N) is 2. The van der Waals surface area contributed by atoms with Crippen LogP contribution in [0.4, 0.5) is 0 Å². The number of aryl methyl sites for hydroxylation is 1. The molecule has 0 aliphatic rings. The summed E-state index contributed by atoms with van der Waals surface area (Å²) in [6.45, 7) is 1.72.